The maximum Gasteiger partial charge on any atom is 0.238 e. The number of benzene rings is 2. The van der Waals surface area contributed by atoms with Crippen LogP contribution in [0.2, 0.25) is 0 Å². The highest BCUT2D eigenvalue weighted by Gasteiger charge is 2.35. The summed E-state index contributed by atoms with van der Waals surface area (Å²) in [5, 5.41) is 2.67. The van der Waals surface area contributed by atoms with Crippen LogP contribution in [0.5, 0.6) is 0 Å². The van der Waals surface area contributed by atoms with Gasteiger partial charge in [-0.3, -0.25) is 14.5 Å². The van der Waals surface area contributed by atoms with E-state index in [0.717, 1.165) is 5.56 Å². The molecule has 4 nitrogen and oxygen atoms in total. The van der Waals surface area contributed by atoms with E-state index in [4.69, 9.17) is 0 Å². The van der Waals surface area contributed by atoms with Crippen molar-refractivity contribution in [1.29, 1.82) is 0 Å². The summed E-state index contributed by atoms with van der Waals surface area (Å²) >= 11 is 1.49. The van der Waals surface area contributed by atoms with Crippen LogP contribution in [0.3, 0.4) is 0 Å². The molecule has 25 heavy (non-hydrogen) atoms. The first-order chi connectivity index (χ1) is 12.0. The number of hydrogen-bond donors (Lipinski definition) is 1. The summed E-state index contributed by atoms with van der Waals surface area (Å²) in [6, 6.07) is 13.4. The van der Waals surface area contributed by atoms with Crippen molar-refractivity contribution < 1.29 is 14.0 Å². The Labute approximate surface area is 150 Å². The van der Waals surface area contributed by atoms with Crippen LogP contribution in [0, 0.1) is 11.7 Å². The van der Waals surface area contributed by atoms with E-state index < -0.39 is 0 Å². The highest BCUT2D eigenvalue weighted by atomic mass is 32.2. The van der Waals surface area contributed by atoms with Gasteiger partial charge in [0.15, 0.2) is 0 Å². The molecule has 0 spiro atoms. The van der Waals surface area contributed by atoms with Gasteiger partial charge in [0, 0.05) is 22.9 Å². The SMILES string of the molecule is CC(C)C(=O)Nc1ccccc1[C@H]1SCC(=O)N1c1ccc(F)cc1. The van der Waals surface area contributed by atoms with Crippen LogP contribution in [-0.2, 0) is 9.59 Å². The Morgan fingerprint density at radius 1 is 1.20 bits per heavy atom. The number of carbonyl (C=O) groups excluding carboxylic acids is 2. The molecule has 1 aliphatic rings. The van der Waals surface area contributed by atoms with Crippen molar-refractivity contribution in [1.82, 2.24) is 0 Å². The molecule has 0 saturated carbocycles. The molecule has 1 heterocycles. The number of carbonyl (C=O) groups is 2. The van der Waals surface area contributed by atoms with Crippen LogP contribution in [-0.4, -0.2) is 17.6 Å². The van der Waals surface area contributed by atoms with Gasteiger partial charge in [-0.1, -0.05) is 32.0 Å². The van der Waals surface area contributed by atoms with Crippen molar-refractivity contribution >= 4 is 35.0 Å². The van der Waals surface area contributed by atoms with Crippen molar-refractivity contribution in [3.05, 3.63) is 59.9 Å². The number of nitrogens with zero attached hydrogens (tertiary/aromatic N) is 1. The van der Waals surface area contributed by atoms with Gasteiger partial charge in [-0.2, -0.15) is 0 Å². The molecular formula is C19H19FN2O2S. The van der Waals surface area contributed by atoms with Gasteiger partial charge in [0.25, 0.3) is 0 Å². The minimum atomic E-state index is -0.343. The zero-order valence-corrected chi connectivity index (χ0v) is 14.8. The van der Waals surface area contributed by atoms with Crippen LogP contribution in [0.4, 0.5) is 15.8 Å². The number of para-hydroxylation sites is 1. The van der Waals surface area contributed by atoms with E-state index in [-0.39, 0.29) is 28.9 Å². The van der Waals surface area contributed by atoms with E-state index in [1.165, 1.54) is 23.9 Å². The number of nitrogens with one attached hydrogen (secondary N) is 1. The molecule has 1 fully saturated rings. The molecule has 2 amide bonds. The van der Waals surface area contributed by atoms with Crippen molar-refractivity contribution in [2.75, 3.05) is 16.0 Å². The minimum Gasteiger partial charge on any atom is -0.326 e. The van der Waals surface area contributed by atoms with Crippen LogP contribution in [0.25, 0.3) is 0 Å². The Bertz CT molecular complexity index is 792. The van der Waals surface area contributed by atoms with Crippen molar-refractivity contribution in [3.63, 3.8) is 0 Å². The van der Waals surface area contributed by atoms with Gasteiger partial charge in [0.1, 0.15) is 11.2 Å². The molecule has 1 N–H and O–H groups in total. The number of hydrogen-bond acceptors (Lipinski definition) is 3. The summed E-state index contributed by atoms with van der Waals surface area (Å²) in [5.41, 5.74) is 2.20. The van der Waals surface area contributed by atoms with Gasteiger partial charge in [-0.05, 0) is 30.3 Å². The summed E-state index contributed by atoms with van der Waals surface area (Å²) in [4.78, 5) is 26.2. The van der Waals surface area contributed by atoms with Gasteiger partial charge >= 0.3 is 0 Å². The summed E-state index contributed by atoms with van der Waals surface area (Å²) < 4.78 is 13.2. The Hall–Kier alpha value is -2.34. The molecule has 1 aliphatic heterocycles. The van der Waals surface area contributed by atoms with Gasteiger partial charge in [-0.25, -0.2) is 4.39 Å². The lowest BCUT2D eigenvalue weighted by Crippen LogP contribution is -2.28. The van der Waals surface area contributed by atoms with Gasteiger partial charge in [-0.15, -0.1) is 11.8 Å². The number of amides is 2. The second-order valence-electron chi connectivity index (χ2n) is 6.13. The first-order valence-corrected chi connectivity index (χ1v) is 9.11. The number of halogens is 1. The van der Waals surface area contributed by atoms with Crippen molar-refractivity contribution in [2.45, 2.75) is 19.2 Å². The Morgan fingerprint density at radius 3 is 2.56 bits per heavy atom. The monoisotopic (exact) mass is 358 g/mol. The van der Waals surface area contributed by atoms with E-state index >= 15 is 0 Å². The summed E-state index contributed by atoms with van der Waals surface area (Å²) in [6.07, 6.45) is 0. The molecule has 6 heteroatoms. The van der Waals surface area contributed by atoms with Gasteiger partial charge < -0.3 is 5.32 Å². The normalized spacial score (nSPS) is 17.2. The van der Waals surface area contributed by atoms with E-state index in [1.54, 1.807) is 17.0 Å². The number of rotatable bonds is 4. The Morgan fingerprint density at radius 2 is 1.88 bits per heavy atom. The van der Waals surface area contributed by atoms with E-state index in [9.17, 15) is 14.0 Å². The minimum absolute atomic E-state index is 0.0356. The standard InChI is InChI=1S/C19H19FN2O2S/c1-12(2)18(24)21-16-6-4-3-5-15(16)19-22(17(23)11-25-19)14-9-7-13(20)8-10-14/h3-10,12,19H,11H2,1-2H3,(H,21,24)/t19-/m1/s1. The van der Waals surface area contributed by atoms with Crippen LogP contribution >= 0.6 is 11.8 Å². The lowest BCUT2D eigenvalue weighted by Gasteiger charge is -2.26. The predicted molar refractivity (Wildman–Crippen MR) is 99.0 cm³/mol. The lowest BCUT2D eigenvalue weighted by atomic mass is 10.1. The van der Waals surface area contributed by atoms with Crippen molar-refractivity contribution in [2.24, 2.45) is 5.92 Å². The molecule has 0 bridgehead atoms. The van der Waals surface area contributed by atoms with E-state index in [0.29, 0.717) is 17.1 Å². The van der Waals surface area contributed by atoms with E-state index in [1.807, 2.05) is 38.1 Å². The fourth-order valence-electron chi connectivity index (χ4n) is 2.64. The first-order valence-electron chi connectivity index (χ1n) is 8.06. The third-order valence-corrected chi connectivity index (χ3v) is 5.18. The highest BCUT2D eigenvalue weighted by molar-refractivity contribution is 8.00. The summed E-state index contributed by atoms with van der Waals surface area (Å²) in [6.45, 7) is 3.66. The Kier molecular flexibility index (Phi) is 5.08. The fourth-order valence-corrected chi connectivity index (χ4v) is 3.85. The molecule has 0 radical (unpaired) electrons. The molecule has 3 rings (SSSR count). The smallest absolute Gasteiger partial charge is 0.238 e. The molecule has 0 unspecified atom stereocenters. The zero-order valence-electron chi connectivity index (χ0n) is 14.0. The molecular weight excluding hydrogens is 339 g/mol. The van der Waals surface area contributed by atoms with Crippen LogP contribution < -0.4 is 10.2 Å². The first kappa shape index (κ1) is 17.5. The fraction of sp³-hybridized carbons (Fsp3) is 0.263. The third-order valence-electron chi connectivity index (χ3n) is 3.98. The quantitative estimate of drug-likeness (QED) is 0.891. The van der Waals surface area contributed by atoms with Crippen LogP contribution in [0.15, 0.2) is 48.5 Å². The largest absolute Gasteiger partial charge is 0.326 e. The highest BCUT2D eigenvalue weighted by Crippen LogP contribution is 2.44. The lowest BCUT2D eigenvalue weighted by molar-refractivity contribution is -0.119. The average molecular weight is 358 g/mol. The summed E-state index contributed by atoms with van der Waals surface area (Å²) in [7, 11) is 0. The zero-order chi connectivity index (χ0) is 18.0. The molecule has 2 aromatic carbocycles. The Balaban J connectivity index is 1.96. The maximum atomic E-state index is 13.2. The molecule has 0 aromatic heterocycles. The molecule has 130 valence electrons. The van der Waals surface area contributed by atoms with Crippen molar-refractivity contribution in [3.8, 4) is 0 Å². The van der Waals surface area contributed by atoms with Crippen LogP contribution in [0.1, 0.15) is 24.8 Å². The topological polar surface area (TPSA) is 49.4 Å². The van der Waals surface area contributed by atoms with Gasteiger partial charge in [0.05, 0.1) is 5.75 Å². The second-order valence-corrected chi connectivity index (χ2v) is 7.20. The number of thioether (sulfide) groups is 1. The molecule has 0 aliphatic carbocycles. The second kappa shape index (κ2) is 7.27. The summed E-state index contributed by atoms with van der Waals surface area (Å²) in [5.74, 6) is -0.251. The average Bonchev–Trinajstić information content (AvgIpc) is 2.97. The van der Waals surface area contributed by atoms with Gasteiger partial charge in [0.2, 0.25) is 11.8 Å². The molecule has 1 saturated heterocycles. The molecule has 1 atom stereocenters. The number of anilines is 2. The third kappa shape index (κ3) is 3.69. The maximum absolute atomic E-state index is 13.2. The van der Waals surface area contributed by atoms with E-state index in [2.05, 4.69) is 5.32 Å². The molecule has 2 aromatic rings. The predicted octanol–water partition coefficient (Wildman–Crippen LogP) is 4.20.